The Balaban J connectivity index is 1.67. The summed E-state index contributed by atoms with van der Waals surface area (Å²) in [5.41, 5.74) is 7.57. The molecule has 4 nitrogen and oxygen atoms in total. The fourth-order valence-corrected chi connectivity index (χ4v) is 4.10. The minimum absolute atomic E-state index is 0.186. The number of rotatable bonds is 5. The SMILES string of the molecule is CN(CCc1ccccn1)C1(CN)CCN2CCCC21. The standard InChI is InChI=1S/C16H26N4/c1-19(11-7-14-5-2-3-9-18-14)16(13-17)8-12-20-10-4-6-15(16)20/h2-3,5,9,15H,4,6-8,10-13,17H2,1H3. The van der Waals surface area contributed by atoms with E-state index in [1.165, 1.54) is 38.0 Å². The van der Waals surface area contributed by atoms with Crippen LogP contribution in [0.5, 0.6) is 0 Å². The van der Waals surface area contributed by atoms with Crippen LogP contribution in [0.15, 0.2) is 24.4 Å². The van der Waals surface area contributed by atoms with Gasteiger partial charge in [0.15, 0.2) is 0 Å². The first-order valence-corrected chi connectivity index (χ1v) is 7.81. The van der Waals surface area contributed by atoms with E-state index in [0.717, 1.165) is 19.5 Å². The molecule has 4 heteroatoms. The van der Waals surface area contributed by atoms with Gasteiger partial charge in [-0.05, 0) is 45.0 Å². The average Bonchev–Trinajstić information content (AvgIpc) is 3.08. The number of nitrogens with two attached hydrogens (primary N) is 1. The molecule has 110 valence electrons. The molecule has 20 heavy (non-hydrogen) atoms. The third-order valence-corrected chi connectivity index (χ3v) is 5.36. The zero-order chi connectivity index (χ0) is 14.0. The second-order valence-corrected chi connectivity index (χ2v) is 6.24. The summed E-state index contributed by atoms with van der Waals surface area (Å²) in [7, 11) is 2.25. The van der Waals surface area contributed by atoms with Crippen molar-refractivity contribution in [3.05, 3.63) is 30.1 Å². The Labute approximate surface area is 122 Å². The van der Waals surface area contributed by atoms with E-state index in [1.807, 2.05) is 12.3 Å². The number of likely N-dealkylation sites (N-methyl/N-ethyl adjacent to an activating group) is 1. The molecule has 0 amide bonds. The van der Waals surface area contributed by atoms with Crippen LogP contribution in [-0.2, 0) is 6.42 Å². The molecule has 3 heterocycles. The van der Waals surface area contributed by atoms with Crippen LogP contribution in [0.3, 0.4) is 0 Å². The molecule has 0 aromatic carbocycles. The van der Waals surface area contributed by atoms with Crippen molar-refractivity contribution >= 4 is 0 Å². The highest BCUT2D eigenvalue weighted by molar-refractivity contribution is 5.10. The maximum Gasteiger partial charge on any atom is 0.0496 e. The molecule has 1 aromatic heterocycles. The Bertz CT molecular complexity index is 435. The second kappa shape index (κ2) is 5.80. The normalized spacial score (nSPS) is 30.1. The molecular formula is C16H26N4. The van der Waals surface area contributed by atoms with Gasteiger partial charge in [0.05, 0.1) is 0 Å². The van der Waals surface area contributed by atoms with Gasteiger partial charge in [0.2, 0.25) is 0 Å². The quantitative estimate of drug-likeness (QED) is 0.874. The van der Waals surface area contributed by atoms with Crippen LogP contribution >= 0.6 is 0 Å². The van der Waals surface area contributed by atoms with Crippen LogP contribution < -0.4 is 5.73 Å². The molecule has 2 atom stereocenters. The lowest BCUT2D eigenvalue weighted by atomic mass is 9.87. The summed E-state index contributed by atoms with van der Waals surface area (Å²) in [5, 5.41) is 0. The minimum atomic E-state index is 0.186. The monoisotopic (exact) mass is 274 g/mol. The number of fused-ring (bicyclic) bond motifs is 1. The van der Waals surface area contributed by atoms with Crippen molar-refractivity contribution < 1.29 is 0 Å². The number of aromatic nitrogens is 1. The largest absolute Gasteiger partial charge is 0.329 e. The van der Waals surface area contributed by atoms with Gasteiger partial charge in [0, 0.05) is 49.5 Å². The van der Waals surface area contributed by atoms with Crippen molar-refractivity contribution in [2.45, 2.75) is 37.3 Å². The molecule has 2 N–H and O–H groups in total. The summed E-state index contributed by atoms with van der Waals surface area (Å²) in [6.07, 6.45) is 6.74. The predicted octanol–water partition coefficient (Wildman–Crippen LogP) is 1.12. The highest BCUT2D eigenvalue weighted by atomic mass is 15.3. The molecule has 0 radical (unpaired) electrons. The van der Waals surface area contributed by atoms with Crippen molar-refractivity contribution in [2.24, 2.45) is 5.73 Å². The fourth-order valence-electron chi connectivity index (χ4n) is 4.10. The van der Waals surface area contributed by atoms with E-state index < -0.39 is 0 Å². The highest BCUT2D eigenvalue weighted by Crippen LogP contribution is 2.39. The first kappa shape index (κ1) is 14.0. The van der Waals surface area contributed by atoms with Crippen LogP contribution in [-0.4, -0.2) is 59.6 Å². The molecule has 3 rings (SSSR count). The van der Waals surface area contributed by atoms with Crippen LogP contribution in [0.1, 0.15) is 25.0 Å². The Morgan fingerprint density at radius 3 is 3.10 bits per heavy atom. The van der Waals surface area contributed by atoms with E-state index in [1.54, 1.807) is 0 Å². The zero-order valence-electron chi connectivity index (χ0n) is 12.5. The Hall–Kier alpha value is -0.970. The summed E-state index contributed by atoms with van der Waals surface area (Å²) in [6, 6.07) is 6.82. The summed E-state index contributed by atoms with van der Waals surface area (Å²) in [6.45, 7) is 4.29. The van der Waals surface area contributed by atoms with Crippen molar-refractivity contribution in [1.29, 1.82) is 0 Å². The number of hydrogen-bond acceptors (Lipinski definition) is 4. The molecule has 2 fully saturated rings. The third kappa shape index (κ3) is 2.36. The average molecular weight is 274 g/mol. The first-order valence-electron chi connectivity index (χ1n) is 7.81. The van der Waals surface area contributed by atoms with Gasteiger partial charge < -0.3 is 5.73 Å². The van der Waals surface area contributed by atoms with Gasteiger partial charge in [0.25, 0.3) is 0 Å². The summed E-state index contributed by atoms with van der Waals surface area (Å²) in [4.78, 5) is 9.58. The van der Waals surface area contributed by atoms with Gasteiger partial charge in [-0.25, -0.2) is 0 Å². The van der Waals surface area contributed by atoms with E-state index in [2.05, 4.69) is 34.0 Å². The number of pyridine rings is 1. The molecule has 0 spiro atoms. The van der Waals surface area contributed by atoms with E-state index in [-0.39, 0.29) is 5.54 Å². The minimum Gasteiger partial charge on any atom is -0.329 e. The van der Waals surface area contributed by atoms with Gasteiger partial charge >= 0.3 is 0 Å². The van der Waals surface area contributed by atoms with Crippen molar-refractivity contribution in [3.8, 4) is 0 Å². The molecular weight excluding hydrogens is 248 g/mol. The van der Waals surface area contributed by atoms with Gasteiger partial charge in [-0.3, -0.25) is 14.8 Å². The van der Waals surface area contributed by atoms with E-state index in [0.29, 0.717) is 6.04 Å². The lowest BCUT2D eigenvalue weighted by Gasteiger charge is -2.42. The number of hydrogen-bond donors (Lipinski definition) is 1. The maximum absolute atomic E-state index is 6.21. The van der Waals surface area contributed by atoms with E-state index >= 15 is 0 Å². The molecule has 0 saturated carbocycles. The molecule has 1 aromatic rings. The lowest BCUT2D eigenvalue weighted by molar-refractivity contribution is 0.0917. The van der Waals surface area contributed by atoms with Crippen LogP contribution in [0.2, 0.25) is 0 Å². The lowest BCUT2D eigenvalue weighted by Crippen LogP contribution is -2.58. The molecule has 2 aliphatic rings. The van der Waals surface area contributed by atoms with Crippen molar-refractivity contribution in [3.63, 3.8) is 0 Å². The van der Waals surface area contributed by atoms with E-state index in [4.69, 9.17) is 5.73 Å². The first-order chi connectivity index (χ1) is 9.76. The molecule has 2 unspecified atom stereocenters. The van der Waals surface area contributed by atoms with Crippen LogP contribution in [0.25, 0.3) is 0 Å². The van der Waals surface area contributed by atoms with Crippen LogP contribution in [0, 0.1) is 0 Å². The summed E-state index contributed by atoms with van der Waals surface area (Å²) in [5.74, 6) is 0. The maximum atomic E-state index is 6.21. The summed E-state index contributed by atoms with van der Waals surface area (Å²) < 4.78 is 0. The highest BCUT2D eigenvalue weighted by Gasteiger charge is 2.50. The Kier molecular flexibility index (Phi) is 4.06. The molecule has 0 aliphatic carbocycles. The van der Waals surface area contributed by atoms with Crippen LogP contribution in [0.4, 0.5) is 0 Å². The number of nitrogens with zero attached hydrogens (tertiary/aromatic N) is 3. The van der Waals surface area contributed by atoms with Gasteiger partial charge in [-0.1, -0.05) is 6.07 Å². The van der Waals surface area contributed by atoms with Gasteiger partial charge in [0.1, 0.15) is 0 Å². The van der Waals surface area contributed by atoms with Crippen molar-refractivity contribution in [1.82, 2.24) is 14.8 Å². The molecule has 2 aliphatic heterocycles. The smallest absolute Gasteiger partial charge is 0.0496 e. The van der Waals surface area contributed by atoms with Gasteiger partial charge in [-0.2, -0.15) is 0 Å². The zero-order valence-corrected chi connectivity index (χ0v) is 12.5. The Morgan fingerprint density at radius 2 is 2.35 bits per heavy atom. The summed E-state index contributed by atoms with van der Waals surface area (Å²) >= 11 is 0. The predicted molar refractivity (Wildman–Crippen MR) is 81.6 cm³/mol. The van der Waals surface area contributed by atoms with Gasteiger partial charge in [-0.15, -0.1) is 0 Å². The molecule has 2 saturated heterocycles. The van der Waals surface area contributed by atoms with Crippen molar-refractivity contribution in [2.75, 3.05) is 33.2 Å². The fraction of sp³-hybridized carbons (Fsp3) is 0.688. The Morgan fingerprint density at radius 1 is 1.45 bits per heavy atom. The topological polar surface area (TPSA) is 45.4 Å². The third-order valence-electron chi connectivity index (χ3n) is 5.36. The van der Waals surface area contributed by atoms with E-state index in [9.17, 15) is 0 Å². The second-order valence-electron chi connectivity index (χ2n) is 6.24. The molecule has 0 bridgehead atoms.